The Kier molecular flexibility index (Phi) is 5.79. The number of hydrogen-bond acceptors (Lipinski definition) is 3. The van der Waals surface area contributed by atoms with Gasteiger partial charge in [0.15, 0.2) is 0 Å². The number of amides is 1. The predicted octanol–water partition coefficient (Wildman–Crippen LogP) is 5.65. The van der Waals surface area contributed by atoms with E-state index in [2.05, 4.69) is 50.0 Å². The van der Waals surface area contributed by atoms with Crippen molar-refractivity contribution in [2.24, 2.45) is 0 Å². The van der Waals surface area contributed by atoms with Crippen molar-refractivity contribution in [3.63, 3.8) is 0 Å². The van der Waals surface area contributed by atoms with Gasteiger partial charge in [0.25, 0.3) is 5.91 Å². The highest BCUT2D eigenvalue weighted by molar-refractivity contribution is 6.09. The molecule has 0 saturated carbocycles. The monoisotopic (exact) mass is 387 g/mol. The molecule has 0 radical (unpaired) electrons. The Morgan fingerprint density at radius 3 is 2.72 bits per heavy atom. The van der Waals surface area contributed by atoms with Crippen LogP contribution in [-0.2, 0) is 4.79 Å². The summed E-state index contributed by atoms with van der Waals surface area (Å²) in [5.41, 5.74) is 5.36. The zero-order chi connectivity index (χ0) is 21.2. The van der Waals surface area contributed by atoms with Gasteiger partial charge in [-0.15, -0.1) is 0 Å². The Bertz CT molecular complexity index is 997. The fourth-order valence-corrected chi connectivity index (χ4v) is 4.43. The van der Waals surface area contributed by atoms with Crippen molar-refractivity contribution in [2.45, 2.75) is 52.5 Å². The molecular formula is C25H29N3O. The highest BCUT2D eigenvalue weighted by Crippen LogP contribution is 2.43. The van der Waals surface area contributed by atoms with Crippen molar-refractivity contribution >= 4 is 23.4 Å². The van der Waals surface area contributed by atoms with Crippen molar-refractivity contribution in [1.29, 1.82) is 5.26 Å². The van der Waals surface area contributed by atoms with Gasteiger partial charge in [-0.1, -0.05) is 25.1 Å². The zero-order valence-corrected chi connectivity index (χ0v) is 17.9. The van der Waals surface area contributed by atoms with Crippen molar-refractivity contribution in [2.75, 3.05) is 16.8 Å². The summed E-state index contributed by atoms with van der Waals surface area (Å²) in [4.78, 5) is 15.0. The molecule has 1 amide bonds. The largest absolute Gasteiger partial charge is 0.366 e. The minimum atomic E-state index is -0.389. The zero-order valence-electron chi connectivity index (χ0n) is 17.9. The van der Waals surface area contributed by atoms with Gasteiger partial charge in [-0.05, 0) is 87.1 Å². The second-order valence-corrected chi connectivity index (χ2v) is 8.47. The Labute approximate surface area is 173 Å². The molecule has 1 N–H and O–H groups in total. The Morgan fingerprint density at radius 2 is 2.07 bits per heavy atom. The van der Waals surface area contributed by atoms with Crippen LogP contribution in [0.1, 0.15) is 56.7 Å². The number of carbonyl (C=O) groups is 1. The molecule has 1 aliphatic heterocycles. The smallest absolute Gasteiger partial charge is 0.266 e. The summed E-state index contributed by atoms with van der Waals surface area (Å²) in [5.74, 6) is 0.0305. The number of rotatable bonds is 4. The van der Waals surface area contributed by atoms with E-state index in [1.165, 1.54) is 11.3 Å². The number of nitrogens with zero attached hydrogens (tertiary/aromatic N) is 2. The van der Waals surface area contributed by atoms with Gasteiger partial charge in [0.05, 0.1) is 0 Å². The summed E-state index contributed by atoms with van der Waals surface area (Å²) in [6, 6.07) is 15.8. The van der Waals surface area contributed by atoms with E-state index in [9.17, 15) is 10.1 Å². The van der Waals surface area contributed by atoms with Crippen LogP contribution >= 0.6 is 0 Å². The van der Waals surface area contributed by atoms with Crippen LogP contribution in [0.3, 0.4) is 0 Å². The number of nitrogens with one attached hydrogen (secondary N) is 1. The fraction of sp³-hybridized carbons (Fsp3) is 0.360. The lowest BCUT2D eigenvalue weighted by Crippen LogP contribution is -2.48. The van der Waals surface area contributed by atoms with Crippen LogP contribution in [0.15, 0.2) is 48.0 Å². The summed E-state index contributed by atoms with van der Waals surface area (Å²) in [6.07, 6.45) is 2.74. The number of anilines is 2. The quantitative estimate of drug-likeness (QED) is 0.544. The maximum atomic E-state index is 12.6. The maximum absolute atomic E-state index is 12.6. The Hall–Kier alpha value is -3.06. The average molecular weight is 388 g/mol. The van der Waals surface area contributed by atoms with E-state index in [0.717, 1.165) is 24.1 Å². The minimum absolute atomic E-state index is 0.0996. The summed E-state index contributed by atoms with van der Waals surface area (Å²) in [7, 11) is 0. The SMILES string of the molecule is CCN1c2ccc(/C=C(\C#N)C(=O)Nc3cccc(C)c3)cc2C(C)CC1(C)C. The minimum Gasteiger partial charge on any atom is -0.366 e. The molecule has 2 aromatic rings. The van der Waals surface area contributed by atoms with Crippen molar-refractivity contribution in [3.8, 4) is 6.07 Å². The van der Waals surface area contributed by atoms with E-state index < -0.39 is 0 Å². The first kappa shape index (κ1) is 20.7. The number of nitriles is 1. The van der Waals surface area contributed by atoms with Crippen LogP contribution < -0.4 is 10.2 Å². The molecule has 0 spiro atoms. The Morgan fingerprint density at radius 1 is 1.31 bits per heavy atom. The molecule has 4 nitrogen and oxygen atoms in total. The maximum Gasteiger partial charge on any atom is 0.266 e. The third kappa shape index (κ3) is 4.35. The van der Waals surface area contributed by atoms with Gasteiger partial charge in [-0.2, -0.15) is 5.26 Å². The molecule has 0 bridgehead atoms. The van der Waals surface area contributed by atoms with Crippen LogP contribution in [0.5, 0.6) is 0 Å². The van der Waals surface area contributed by atoms with Crippen molar-refractivity contribution in [3.05, 3.63) is 64.7 Å². The van der Waals surface area contributed by atoms with Crippen LogP contribution in [-0.4, -0.2) is 18.0 Å². The summed E-state index contributed by atoms with van der Waals surface area (Å²) in [5, 5.41) is 12.4. The lowest BCUT2D eigenvalue weighted by atomic mass is 9.79. The van der Waals surface area contributed by atoms with Gasteiger partial charge in [0.1, 0.15) is 11.6 Å². The van der Waals surface area contributed by atoms with Crippen LogP contribution in [0.4, 0.5) is 11.4 Å². The molecule has 0 aliphatic carbocycles. The molecule has 1 unspecified atom stereocenters. The van der Waals surface area contributed by atoms with E-state index in [-0.39, 0.29) is 17.0 Å². The molecular weight excluding hydrogens is 358 g/mol. The van der Waals surface area contributed by atoms with E-state index in [1.807, 2.05) is 43.3 Å². The normalized spacial score (nSPS) is 18.0. The summed E-state index contributed by atoms with van der Waals surface area (Å²) < 4.78 is 0. The summed E-state index contributed by atoms with van der Waals surface area (Å²) in [6.45, 7) is 11.9. The fourth-order valence-electron chi connectivity index (χ4n) is 4.43. The second kappa shape index (κ2) is 8.13. The van der Waals surface area contributed by atoms with Crippen LogP contribution in [0.2, 0.25) is 0 Å². The first-order valence-electron chi connectivity index (χ1n) is 10.2. The molecule has 0 fully saturated rings. The highest BCUT2D eigenvalue weighted by Gasteiger charge is 2.35. The topological polar surface area (TPSA) is 56.1 Å². The molecule has 1 aliphatic rings. The van der Waals surface area contributed by atoms with Gasteiger partial charge >= 0.3 is 0 Å². The predicted molar refractivity (Wildman–Crippen MR) is 120 cm³/mol. The molecule has 1 heterocycles. The van der Waals surface area contributed by atoms with Gasteiger partial charge < -0.3 is 10.2 Å². The molecule has 4 heteroatoms. The average Bonchev–Trinajstić information content (AvgIpc) is 2.66. The standard InChI is InChI=1S/C25H29N3O/c1-6-28-23-11-10-19(14-22(23)18(3)15-25(28,4)5)13-20(16-26)24(29)27-21-9-7-8-17(2)12-21/h7-14,18H,6,15H2,1-5H3,(H,27,29)/b20-13+. The number of carbonyl (C=O) groups excluding carboxylic acids is 1. The Balaban J connectivity index is 1.90. The first-order valence-corrected chi connectivity index (χ1v) is 10.2. The highest BCUT2D eigenvalue weighted by atomic mass is 16.1. The van der Waals surface area contributed by atoms with Crippen molar-refractivity contribution < 1.29 is 4.79 Å². The molecule has 0 aromatic heterocycles. The molecule has 150 valence electrons. The molecule has 2 aromatic carbocycles. The third-order valence-corrected chi connectivity index (χ3v) is 5.68. The van der Waals surface area contributed by atoms with E-state index >= 15 is 0 Å². The lowest BCUT2D eigenvalue weighted by molar-refractivity contribution is -0.112. The molecule has 29 heavy (non-hydrogen) atoms. The molecule has 3 rings (SSSR count). The lowest BCUT2D eigenvalue weighted by Gasteiger charge is -2.47. The van der Waals surface area contributed by atoms with Gasteiger partial charge in [0.2, 0.25) is 0 Å². The van der Waals surface area contributed by atoms with Crippen LogP contribution in [0.25, 0.3) is 6.08 Å². The van der Waals surface area contributed by atoms with E-state index in [4.69, 9.17) is 0 Å². The van der Waals surface area contributed by atoms with E-state index in [1.54, 1.807) is 6.08 Å². The van der Waals surface area contributed by atoms with Crippen molar-refractivity contribution in [1.82, 2.24) is 0 Å². The number of hydrogen-bond donors (Lipinski definition) is 1. The van der Waals surface area contributed by atoms with E-state index in [0.29, 0.717) is 11.6 Å². The molecule has 1 atom stereocenters. The number of benzene rings is 2. The van der Waals surface area contributed by atoms with Gasteiger partial charge in [0, 0.05) is 23.5 Å². The summed E-state index contributed by atoms with van der Waals surface area (Å²) >= 11 is 0. The van der Waals surface area contributed by atoms with Gasteiger partial charge in [-0.3, -0.25) is 4.79 Å². The number of aryl methyl sites for hydroxylation is 1. The second-order valence-electron chi connectivity index (χ2n) is 8.47. The van der Waals surface area contributed by atoms with Gasteiger partial charge in [-0.25, -0.2) is 0 Å². The molecule has 0 saturated heterocycles. The third-order valence-electron chi connectivity index (χ3n) is 5.68. The number of fused-ring (bicyclic) bond motifs is 1. The van der Waals surface area contributed by atoms with Crippen LogP contribution in [0, 0.1) is 18.3 Å². The first-order chi connectivity index (χ1) is 13.7.